The number of thioether (sulfide) groups is 2. The van der Waals surface area contributed by atoms with Crippen LogP contribution in [0.4, 0.5) is 4.79 Å². The van der Waals surface area contributed by atoms with Gasteiger partial charge >= 0.3 is 12.1 Å². The maximum absolute atomic E-state index is 13.0. The van der Waals surface area contributed by atoms with E-state index >= 15 is 0 Å². The number of esters is 1. The van der Waals surface area contributed by atoms with Crippen LogP contribution < -0.4 is 5.32 Å². The number of alkyl carbamates (subject to hydrolysis) is 1. The van der Waals surface area contributed by atoms with Crippen molar-refractivity contribution in [3.63, 3.8) is 0 Å². The highest BCUT2D eigenvalue weighted by Crippen LogP contribution is 2.52. The normalized spacial score (nSPS) is 23.4. The fraction of sp³-hybridized carbons (Fsp3) is 0.800. The maximum Gasteiger partial charge on any atom is 0.407 e. The Morgan fingerprint density at radius 2 is 1.79 bits per heavy atom. The summed E-state index contributed by atoms with van der Waals surface area (Å²) in [5.74, 6) is 1.21. The summed E-state index contributed by atoms with van der Waals surface area (Å²) in [4.78, 5) is 38.4. The van der Waals surface area contributed by atoms with E-state index < -0.39 is 24.1 Å². The Hall–Kier alpha value is -1.09. The first-order valence-electron chi connectivity index (χ1n) is 7.84. The maximum atomic E-state index is 13.0. The molecule has 1 spiro atoms. The van der Waals surface area contributed by atoms with Crippen LogP contribution in [0.2, 0.25) is 0 Å². The van der Waals surface area contributed by atoms with Gasteiger partial charge in [0, 0.05) is 24.5 Å². The molecule has 2 aliphatic rings. The van der Waals surface area contributed by atoms with Crippen LogP contribution in [0.25, 0.3) is 0 Å². The van der Waals surface area contributed by atoms with Gasteiger partial charge in [-0.25, -0.2) is 9.59 Å². The molecule has 0 saturated carbocycles. The molecule has 2 fully saturated rings. The molecule has 0 aromatic rings. The lowest BCUT2D eigenvalue weighted by molar-refractivity contribution is -0.151. The topological polar surface area (TPSA) is 84.9 Å². The van der Waals surface area contributed by atoms with Gasteiger partial charge in [0.1, 0.15) is 12.1 Å². The zero-order valence-electron chi connectivity index (χ0n) is 14.4. The van der Waals surface area contributed by atoms with E-state index in [0.717, 1.165) is 11.5 Å². The number of amides is 2. The SMILES string of the molecule is COC(=O)NC(C(=O)N1CC2(CC1C(=O)OC)SCCS2)C(C)C. The molecule has 0 aliphatic carbocycles. The summed E-state index contributed by atoms with van der Waals surface area (Å²) in [6.07, 6.45) is -0.0840. The molecule has 9 heteroatoms. The van der Waals surface area contributed by atoms with E-state index in [2.05, 4.69) is 10.1 Å². The van der Waals surface area contributed by atoms with E-state index in [0.29, 0.717) is 13.0 Å². The molecule has 0 aromatic carbocycles. The molecular weight excluding hydrogens is 352 g/mol. The molecule has 24 heavy (non-hydrogen) atoms. The highest BCUT2D eigenvalue weighted by molar-refractivity contribution is 8.21. The van der Waals surface area contributed by atoms with E-state index in [1.54, 1.807) is 28.4 Å². The van der Waals surface area contributed by atoms with Gasteiger partial charge in [0.15, 0.2) is 0 Å². The smallest absolute Gasteiger partial charge is 0.407 e. The predicted molar refractivity (Wildman–Crippen MR) is 93.9 cm³/mol. The molecule has 2 amide bonds. The molecule has 2 rings (SSSR count). The Kier molecular flexibility index (Phi) is 6.30. The number of methoxy groups -OCH3 is 2. The second kappa shape index (κ2) is 7.86. The summed E-state index contributed by atoms with van der Waals surface area (Å²) in [7, 11) is 2.59. The summed E-state index contributed by atoms with van der Waals surface area (Å²) in [5, 5.41) is 2.58. The molecule has 0 radical (unpaired) electrons. The van der Waals surface area contributed by atoms with E-state index in [-0.39, 0.29) is 15.9 Å². The number of carbonyl (C=O) groups excluding carboxylic acids is 3. The molecule has 0 aromatic heterocycles. The van der Waals surface area contributed by atoms with Gasteiger partial charge in [-0.05, 0) is 5.92 Å². The zero-order valence-corrected chi connectivity index (χ0v) is 16.0. The summed E-state index contributed by atoms with van der Waals surface area (Å²) in [6.45, 7) is 4.17. The molecule has 2 unspecified atom stereocenters. The molecule has 2 heterocycles. The van der Waals surface area contributed by atoms with Gasteiger partial charge in [-0.2, -0.15) is 0 Å². The molecule has 2 atom stereocenters. The summed E-state index contributed by atoms with van der Waals surface area (Å²) >= 11 is 3.59. The van der Waals surface area contributed by atoms with E-state index in [1.165, 1.54) is 14.2 Å². The van der Waals surface area contributed by atoms with Crippen molar-refractivity contribution in [2.24, 2.45) is 5.92 Å². The second-order valence-electron chi connectivity index (χ2n) is 6.17. The number of nitrogens with one attached hydrogen (secondary N) is 1. The minimum atomic E-state index is -0.740. The summed E-state index contributed by atoms with van der Waals surface area (Å²) < 4.78 is 9.36. The van der Waals surface area contributed by atoms with E-state index in [1.807, 2.05) is 13.8 Å². The number of likely N-dealkylation sites (tertiary alicyclic amines) is 1. The predicted octanol–water partition coefficient (Wildman–Crippen LogP) is 1.32. The van der Waals surface area contributed by atoms with Crippen LogP contribution in [0.5, 0.6) is 0 Å². The highest BCUT2D eigenvalue weighted by Gasteiger charge is 2.52. The van der Waals surface area contributed by atoms with Crippen molar-refractivity contribution in [3.05, 3.63) is 0 Å². The number of nitrogens with zero attached hydrogens (tertiary/aromatic N) is 1. The van der Waals surface area contributed by atoms with Crippen LogP contribution in [-0.4, -0.2) is 71.3 Å². The third-order valence-corrected chi connectivity index (χ3v) is 7.68. The van der Waals surface area contributed by atoms with Crippen molar-refractivity contribution in [3.8, 4) is 0 Å². The fourth-order valence-corrected chi connectivity index (χ4v) is 6.26. The van der Waals surface area contributed by atoms with Crippen molar-refractivity contribution in [2.45, 2.75) is 36.4 Å². The van der Waals surface area contributed by atoms with Crippen molar-refractivity contribution in [2.75, 3.05) is 32.3 Å². The van der Waals surface area contributed by atoms with Crippen molar-refractivity contribution < 1.29 is 23.9 Å². The van der Waals surface area contributed by atoms with Crippen LogP contribution in [0, 0.1) is 5.92 Å². The molecule has 1 N–H and O–H groups in total. The molecular formula is C15H24N2O5S2. The first-order chi connectivity index (χ1) is 11.3. The molecule has 0 bridgehead atoms. The summed E-state index contributed by atoms with van der Waals surface area (Å²) in [5.41, 5.74) is 0. The van der Waals surface area contributed by atoms with Crippen molar-refractivity contribution in [1.82, 2.24) is 10.2 Å². The minimum absolute atomic E-state index is 0.129. The van der Waals surface area contributed by atoms with Gasteiger partial charge in [0.25, 0.3) is 0 Å². The Labute approximate surface area is 150 Å². The van der Waals surface area contributed by atoms with Crippen LogP contribution in [0.3, 0.4) is 0 Å². The van der Waals surface area contributed by atoms with Gasteiger partial charge in [-0.15, -0.1) is 23.5 Å². The lowest BCUT2D eigenvalue weighted by atomic mass is 10.0. The molecule has 7 nitrogen and oxygen atoms in total. The van der Waals surface area contributed by atoms with Gasteiger partial charge in [0.2, 0.25) is 5.91 Å². The van der Waals surface area contributed by atoms with Gasteiger partial charge in [-0.3, -0.25) is 4.79 Å². The Balaban J connectivity index is 2.22. The molecule has 136 valence electrons. The number of rotatable bonds is 4. The second-order valence-corrected chi connectivity index (χ2v) is 9.39. The lowest BCUT2D eigenvalue weighted by Gasteiger charge is -2.29. The first kappa shape index (κ1) is 19.2. The van der Waals surface area contributed by atoms with Gasteiger partial charge < -0.3 is 19.7 Å². The monoisotopic (exact) mass is 376 g/mol. The zero-order chi connectivity index (χ0) is 17.9. The lowest BCUT2D eigenvalue weighted by Crippen LogP contribution is -2.54. The van der Waals surface area contributed by atoms with Gasteiger partial charge in [0.05, 0.1) is 18.3 Å². The minimum Gasteiger partial charge on any atom is -0.467 e. The fourth-order valence-electron chi connectivity index (χ4n) is 3.00. The quantitative estimate of drug-likeness (QED) is 0.741. The van der Waals surface area contributed by atoms with Crippen molar-refractivity contribution in [1.29, 1.82) is 0 Å². The largest absolute Gasteiger partial charge is 0.467 e. The third kappa shape index (κ3) is 3.93. The highest BCUT2D eigenvalue weighted by atomic mass is 32.2. The standard InChI is InChI=1S/C15H24N2O5S2/c1-9(2)11(16-14(20)22-4)12(18)17-8-15(23-5-6-24-15)7-10(17)13(19)21-3/h9-11H,5-8H2,1-4H3,(H,16,20). The average Bonchev–Trinajstić information content (AvgIpc) is 3.18. The van der Waals surface area contributed by atoms with Crippen LogP contribution in [-0.2, 0) is 19.1 Å². The third-order valence-electron chi connectivity index (χ3n) is 4.25. The van der Waals surface area contributed by atoms with Crippen LogP contribution in [0.1, 0.15) is 20.3 Å². The first-order valence-corrected chi connectivity index (χ1v) is 9.81. The van der Waals surface area contributed by atoms with Gasteiger partial charge in [-0.1, -0.05) is 13.8 Å². The molecule has 2 aliphatic heterocycles. The number of hydrogen-bond acceptors (Lipinski definition) is 7. The Bertz CT molecular complexity index is 508. The van der Waals surface area contributed by atoms with Crippen molar-refractivity contribution >= 4 is 41.5 Å². The number of hydrogen-bond donors (Lipinski definition) is 1. The summed E-state index contributed by atoms with van der Waals surface area (Å²) in [6, 6.07) is -1.35. The molecule has 2 saturated heterocycles. The van der Waals surface area contributed by atoms with Crippen LogP contribution >= 0.6 is 23.5 Å². The Morgan fingerprint density at radius 3 is 2.29 bits per heavy atom. The average molecular weight is 377 g/mol. The Morgan fingerprint density at radius 1 is 1.17 bits per heavy atom. The van der Waals surface area contributed by atoms with E-state index in [4.69, 9.17) is 4.74 Å². The number of ether oxygens (including phenoxy) is 2. The van der Waals surface area contributed by atoms with E-state index in [9.17, 15) is 14.4 Å². The number of carbonyl (C=O) groups is 3. The van der Waals surface area contributed by atoms with Crippen LogP contribution in [0.15, 0.2) is 0 Å².